The van der Waals surface area contributed by atoms with Crippen molar-refractivity contribution in [3.63, 3.8) is 0 Å². The summed E-state index contributed by atoms with van der Waals surface area (Å²) in [6.45, 7) is 0.383. The van der Waals surface area contributed by atoms with E-state index in [2.05, 4.69) is 12.0 Å². The molecule has 0 spiro atoms. The Morgan fingerprint density at radius 2 is 1.77 bits per heavy atom. The topological polar surface area (TPSA) is 81.7 Å². The zero-order chi connectivity index (χ0) is 19.5. The van der Waals surface area contributed by atoms with Gasteiger partial charge in [-0.3, -0.25) is 4.79 Å². The van der Waals surface area contributed by atoms with Crippen LogP contribution in [0.4, 0.5) is 0 Å². The smallest absolute Gasteiger partial charge is 0.186 e. The van der Waals surface area contributed by atoms with Gasteiger partial charge >= 0.3 is 0 Å². The summed E-state index contributed by atoms with van der Waals surface area (Å²) in [5.74, 6) is 4.09. The lowest BCUT2D eigenvalue weighted by atomic mass is 9.99. The van der Waals surface area contributed by atoms with E-state index in [4.69, 9.17) is 39.6 Å². The predicted molar refractivity (Wildman–Crippen MR) is 97.6 cm³/mol. The Morgan fingerprint density at radius 1 is 1.12 bits per heavy atom. The molecule has 1 fully saturated rings. The van der Waals surface area contributed by atoms with Gasteiger partial charge in [-0.15, -0.1) is 0 Å². The van der Waals surface area contributed by atoms with Crippen molar-refractivity contribution in [2.45, 2.75) is 36.8 Å². The van der Waals surface area contributed by atoms with Gasteiger partial charge < -0.3 is 43.2 Å². The molecule has 6 atom stereocenters. The highest BCUT2D eigenvalue weighted by Crippen LogP contribution is 2.28. The molecule has 0 saturated carbocycles. The SMILES string of the molecule is C#COC(COC)COC1OC(C[S-](=C)=C=O)C(OC)C(OC)C1OC. The van der Waals surface area contributed by atoms with Gasteiger partial charge in [-0.2, -0.15) is 0 Å². The van der Waals surface area contributed by atoms with Crippen molar-refractivity contribution in [2.75, 3.05) is 47.4 Å². The fraction of sp³-hybridized carbons (Fsp3) is 0.765. The van der Waals surface area contributed by atoms with E-state index < -0.39 is 46.9 Å². The van der Waals surface area contributed by atoms with Crippen LogP contribution in [-0.4, -0.2) is 95.3 Å². The molecule has 0 aromatic carbocycles. The van der Waals surface area contributed by atoms with Crippen LogP contribution in [0.5, 0.6) is 0 Å². The first-order valence-electron chi connectivity index (χ1n) is 7.90. The standard InChI is InChI=1S/C17H27O8S/c1-7-23-12(8-19-2)9-24-17-16(22-5)15(21-4)14(20-3)13(25-17)10-26(6)11-18/h1,12-17H,6,8-10H2,2-5H3/q-1. The summed E-state index contributed by atoms with van der Waals surface area (Å²) < 4.78 is 38.6. The Kier molecular flexibility index (Phi) is 10.9. The summed E-state index contributed by atoms with van der Waals surface area (Å²) in [6.07, 6.45) is 4.11. The van der Waals surface area contributed by atoms with Crippen LogP contribution >= 0.6 is 0 Å². The molecule has 26 heavy (non-hydrogen) atoms. The summed E-state index contributed by atoms with van der Waals surface area (Å²) in [5, 5.41) is 1.87. The van der Waals surface area contributed by atoms with E-state index in [9.17, 15) is 4.79 Å². The lowest BCUT2D eigenvalue weighted by molar-refractivity contribution is -0.307. The van der Waals surface area contributed by atoms with Crippen molar-refractivity contribution in [2.24, 2.45) is 0 Å². The lowest BCUT2D eigenvalue weighted by Crippen LogP contribution is -2.61. The van der Waals surface area contributed by atoms with Gasteiger partial charge in [-0.1, -0.05) is 12.2 Å². The molecule has 0 bridgehead atoms. The highest BCUT2D eigenvalue weighted by atomic mass is 32.2. The molecule has 8 nitrogen and oxygen atoms in total. The minimum Gasteiger partial charge on any atom is -0.439 e. The van der Waals surface area contributed by atoms with Gasteiger partial charge in [0.15, 0.2) is 12.4 Å². The monoisotopic (exact) mass is 391 g/mol. The number of hydrogen-bond acceptors (Lipinski definition) is 9. The van der Waals surface area contributed by atoms with Gasteiger partial charge in [0.25, 0.3) is 0 Å². The Balaban J connectivity index is 2.94. The van der Waals surface area contributed by atoms with Crippen LogP contribution in [0.1, 0.15) is 0 Å². The molecule has 9 heteroatoms. The number of carbonyl (C=O) groups excluding carboxylic acids is 1. The van der Waals surface area contributed by atoms with Crippen molar-refractivity contribution in [3.05, 3.63) is 0 Å². The molecule has 0 aliphatic carbocycles. The third-order valence-corrected chi connectivity index (χ3v) is 4.89. The first kappa shape index (κ1) is 23.0. The maximum atomic E-state index is 10.9. The van der Waals surface area contributed by atoms with Crippen LogP contribution < -0.4 is 0 Å². The fourth-order valence-corrected chi connectivity index (χ4v) is 3.51. The van der Waals surface area contributed by atoms with E-state index in [0.717, 1.165) is 0 Å². The maximum absolute atomic E-state index is 10.9. The third-order valence-electron chi connectivity index (χ3n) is 3.92. The Morgan fingerprint density at radius 3 is 2.27 bits per heavy atom. The van der Waals surface area contributed by atoms with E-state index in [1.807, 2.05) is 5.23 Å². The first-order chi connectivity index (χ1) is 12.6. The van der Waals surface area contributed by atoms with Crippen molar-refractivity contribution >= 4 is 21.2 Å². The Labute approximate surface area is 156 Å². The van der Waals surface area contributed by atoms with Crippen LogP contribution in [0, 0.1) is 12.5 Å². The fourth-order valence-electron chi connectivity index (χ4n) is 2.78. The normalized spacial score (nSPS) is 29.8. The second-order valence-electron chi connectivity index (χ2n) is 5.53. The average molecular weight is 391 g/mol. The van der Waals surface area contributed by atoms with Crippen LogP contribution in [0.25, 0.3) is 0 Å². The molecule has 0 amide bonds. The quantitative estimate of drug-likeness (QED) is 0.265. The maximum Gasteiger partial charge on any atom is 0.186 e. The van der Waals surface area contributed by atoms with Gasteiger partial charge in [-0.05, 0) is 5.23 Å². The predicted octanol–water partition coefficient (Wildman–Crippen LogP) is -0.487. The minimum absolute atomic E-state index is 0.124. The average Bonchev–Trinajstić information content (AvgIpc) is 2.65. The summed E-state index contributed by atoms with van der Waals surface area (Å²) in [5.41, 5.74) is 0. The van der Waals surface area contributed by atoms with E-state index in [-0.39, 0.29) is 13.2 Å². The van der Waals surface area contributed by atoms with E-state index >= 15 is 0 Å². The molecular weight excluding hydrogens is 364 g/mol. The van der Waals surface area contributed by atoms with E-state index in [1.54, 1.807) is 14.2 Å². The molecule has 150 valence electrons. The Bertz CT molecular complexity index is 549. The highest BCUT2D eigenvalue weighted by Gasteiger charge is 2.46. The molecule has 1 heterocycles. The molecule has 0 N–H and O–H groups in total. The summed E-state index contributed by atoms with van der Waals surface area (Å²) >= 11 is 0. The summed E-state index contributed by atoms with van der Waals surface area (Å²) in [7, 11) is 5.31. The zero-order valence-electron chi connectivity index (χ0n) is 15.5. The van der Waals surface area contributed by atoms with Gasteiger partial charge in [0.1, 0.15) is 24.4 Å². The van der Waals surface area contributed by atoms with Crippen molar-refractivity contribution in [3.8, 4) is 12.5 Å². The lowest BCUT2D eigenvalue weighted by Gasteiger charge is -2.45. The number of hydrogen-bond donors (Lipinski definition) is 0. The minimum atomic E-state index is -0.844. The van der Waals surface area contributed by atoms with E-state index in [0.29, 0.717) is 5.75 Å². The number of rotatable bonds is 11. The molecule has 1 saturated heterocycles. The van der Waals surface area contributed by atoms with Crippen LogP contribution in [0.3, 0.4) is 0 Å². The van der Waals surface area contributed by atoms with Crippen LogP contribution in [0.15, 0.2) is 0 Å². The molecule has 0 radical (unpaired) electrons. The second kappa shape index (κ2) is 12.3. The molecule has 1 aliphatic heterocycles. The number of methoxy groups -OCH3 is 4. The molecule has 6 unspecified atom stereocenters. The molecule has 0 aromatic rings. The van der Waals surface area contributed by atoms with Crippen molar-refractivity contribution in [1.29, 1.82) is 0 Å². The molecular formula is C17H27O8S-. The van der Waals surface area contributed by atoms with Gasteiger partial charge in [0.05, 0.1) is 19.3 Å². The number of ether oxygens (including phenoxy) is 7. The largest absolute Gasteiger partial charge is 0.439 e. The zero-order valence-corrected chi connectivity index (χ0v) is 16.4. The van der Waals surface area contributed by atoms with E-state index in [1.165, 1.54) is 14.2 Å². The number of terminal acetylenes is 1. The van der Waals surface area contributed by atoms with Gasteiger partial charge in [0, 0.05) is 28.4 Å². The van der Waals surface area contributed by atoms with Crippen LogP contribution in [-0.2, 0) is 48.0 Å². The summed E-state index contributed by atoms with van der Waals surface area (Å²) in [4.78, 5) is 10.9. The molecule has 1 rings (SSSR count). The highest BCUT2D eigenvalue weighted by molar-refractivity contribution is 7.92. The summed E-state index contributed by atoms with van der Waals surface area (Å²) in [6, 6.07) is 0. The molecule has 1 aliphatic rings. The van der Waals surface area contributed by atoms with Crippen LogP contribution in [0.2, 0.25) is 0 Å². The molecule has 0 aromatic heterocycles. The first-order valence-corrected chi connectivity index (χ1v) is 9.46. The van der Waals surface area contributed by atoms with Gasteiger partial charge in [0.2, 0.25) is 0 Å². The Hall–Kier alpha value is -1.08. The van der Waals surface area contributed by atoms with Crippen molar-refractivity contribution < 1.29 is 38.0 Å². The second-order valence-corrected chi connectivity index (χ2v) is 7.02. The van der Waals surface area contributed by atoms with Crippen molar-refractivity contribution in [1.82, 2.24) is 0 Å². The third kappa shape index (κ3) is 6.27. The van der Waals surface area contributed by atoms with Gasteiger partial charge in [-0.25, -0.2) is 5.87 Å².